The molecule has 1 unspecified atom stereocenters. The van der Waals surface area contributed by atoms with E-state index in [1.807, 2.05) is 0 Å². The Kier molecular flexibility index (Phi) is 3.28. The van der Waals surface area contributed by atoms with Crippen LogP contribution >= 0.6 is 11.8 Å². The second kappa shape index (κ2) is 4.81. The van der Waals surface area contributed by atoms with Crippen molar-refractivity contribution in [2.75, 3.05) is 11.5 Å². The minimum absolute atomic E-state index is 0.0446. The van der Waals surface area contributed by atoms with Crippen molar-refractivity contribution >= 4 is 29.6 Å². The summed E-state index contributed by atoms with van der Waals surface area (Å²) in [5.41, 5.74) is -0.948. The Morgan fingerprint density at radius 2 is 1.89 bits per heavy atom. The molecule has 0 aromatic rings. The zero-order valence-electron chi connectivity index (χ0n) is 10.8. The molecule has 104 valence electrons. The van der Waals surface area contributed by atoms with Gasteiger partial charge in [0.25, 0.3) is 0 Å². The molecule has 3 fully saturated rings. The zero-order chi connectivity index (χ0) is 13.5. The van der Waals surface area contributed by atoms with Crippen molar-refractivity contribution in [1.29, 1.82) is 0 Å². The lowest BCUT2D eigenvalue weighted by molar-refractivity contribution is -0.152. The number of hydrogen-bond acceptors (Lipinski definition) is 4. The molecule has 2 saturated heterocycles. The minimum atomic E-state index is -0.948. The maximum absolute atomic E-state index is 12.7. The third-order valence-corrected chi connectivity index (χ3v) is 5.66. The van der Waals surface area contributed by atoms with Gasteiger partial charge in [0.05, 0.1) is 6.04 Å². The van der Waals surface area contributed by atoms with Crippen molar-refractivity contribution in [3.63, 3.8) is 0 Å². The molecular formula is C13H18N2O3S. The van der Waals surface area contributed by atoms with Gasteiger partial charge in [-0.25, -0.2) is 4.79 Å². The Labute approximate surface area is 116 Å². The first-order valence-electron chi connectivity index (χ1n) is 6.92. The summed E-state index contributed by atoms with van der Waals surface area (Å²) >= 11 is 1.77. The van der Waals surface area contributed by atoms with Gasteiger partial charge in [0.1, 0.15) is 5.41 Å². The zero-order valence-corrected chi connectivity index (χ0v) is 11.6. The molecular weight excluding hydrogens is 264 g/mol. The van der Waals surface area contributed by atoms with E-state index in [1.54, 1.807) is 11.8 Å². The predicted molar refractivity (Wildman–Crippen MR) is 71.6 cm³/mol. The standard InChI is InChI=1S/C13H18N2O3S/c16-10-13(5-1-2-6-13)11(17)15(12(18)14-10)9-4-3-7-19-8-9/h9H,1-8H2,(H,14,16,18). The lowest BCUT2D eigenvalue weighted by atomic mass is 9.81. The third-order valence-electron chi connectivity index (χ3n) is 4.46. The largest absolute Gasteiger partial charge is 0.331 e. The molecule has 1 saturated carbocycles. The minimum Gasteiger partial charge on any atom is -0.277 e. The molecule has 19 heavy (non-hydrogen) atoms. The van der Waals surface area contributed by atoms with Gasteiger partial charge in [-0.05, 0) is 31.4 Å². The first-order valence-corrected chi connectivity index (χ1v) is 8.07. The monoisotopic (exact) mass is 282 g/mol. The number of nitrogens with one attached hydrogen (secondary N) is 1. The van der Waals surface area contributed by atoms with Crippen LogP contribution in [0.4, 0.5) is 4.79 Å². The van der Waals surface area contributed by atoms with Gasteiger partial charge in [0.2, 0.25) is 11.8 Å². The van der Waals surface area contributed by atoms with E-state index in [4.69, 9.17) is 0 Å². The lowest BCUT2D eigenvalue weighted by Gasteiger charge is -2.41. The summed E-state index contributed by atoms with van der Waals surface area (Å²) in [6, 6.07) is -0.558. The second-order valence-corrected chi connectivity index (χ2v) is 6.74. The van der Waals surface area contributed by atoms with Crippen molar-refractivity contribution in [3.05, 3.63) is 0 Å². The third kappa shape index (κ3) is 1.96. The molecule has 0 radical (unpaired) electrons. The normalized spacial score (nSPS) is 30.8. The topological polar surface area (TPSA) is 66.5 Å². The molecule has 3 aliphatic rings. The van der Waals surface area contributed by atoms with Crippen LogP contribution in [0.15, 0.2) is 0 Å². The van der Waals surface area contributed by atoms with E-state index < -0.39 is 11.4 Å². The Morgan fingerprint density at radius 1 is 1.16 bits per heavy atom. The van der Waals surface area contributed by atoms with Crippen LogP contribution in [-0.2, 0) is 9.59 Å². The molecule has 1 atom stereocenters. The van der Waals surface area contributed by atoms with E-state index >= 15 is 0 Å². The number of amides is 4. The highest BCUT2D eigenvalue weighted by molar-refractivity contribution is 7.99. The van der Waals surface area contributed by atoms with E-state index in [2.05, 4.69) is 5.32 Å². The van der Waals surface area contributed by atoms with Gasteiger partial charge >= 0.3 is 6.03 Å². The summed E-state index contributed by atoms with van der Waals surface area (Å²) in [6.07, 6.45) is 4.83. The maximum Gasteiger partial charge on any atom is 0.331 e. The maximum atomic E-state index is 12.7. The van der Waals surface area contributed by atoms with Crippen molar-refractivity contribution in [3.8, 4) is 0 Å². The molecule has 1 aliphatic carbocycles. The fraction of sp³-hybridized carbons (Fsp3) is 0.769. The number of carbonyl (C=O) groups is 3. The Morgan fingerprint density at radius 3 is 2.53 bits per heavy atom. The number of carbonyl (C=O) groups excluding carboxylic acids is 3. The number of nitrogens with zero attached hydrogens (tertiary/aromatic N) is 1. The predicted octanol–water partition coefficient (Wildman–Crippen LogP) is 1.52. The molecule has 2 heterocycles. The van der Waals surface area contributed by atoms with Gasteiger partial charge in [-0.3, -0.25) is 19.8 Å². The fourth-order valence-electron chi connectivity index (χ4n) is 3.38. The summed E-state index contributed by atoms with van der Waals surface area (Å²) in [7, 11) is 0. The van der Waals surface area contributed by atoms with E-state index in [1.165, 1.54) is 4.90 Å². The SMILES string of the molecule is O=C1NC(=O)C2(CCCC2)C(=O)N1C1CCCSC1. The number of hydrogen-bond donors (Lipinski definition) is 1. The van der Waals surface area contributed by atoms with Crippen molar-refractivity contribution < 1.29 is 14.4 Å². The van der Waals surface area contributed by atoms with E-state index in [0.717, 1.165) is 37.2 Å². The fourth-order valence-corrected chi connectivity index (χ4v) is 4.50. The average molecular weight is 282 g/mol. The molecule has 0 aromatic carbocycles. The van der Waals surface area contributed by atoms with Gasteiger partial charge in [0, 0.05) is 5.75 Å². The Balaban J connectivity index is 1.88. The summed E-state index contributed by atoms with van der Waals surface area (Å²) in [4.78, 5) is 38.2. The van der Waals surface area contributed by atoms with Crippen LogP contribution in [0.1, 0.15) is 38.5 Å². The number of urea groups is 1. The molecule has 1 N–H and O–H groups in total. The lowest BCUT2D eigenvalue weighted by Crippen LogP contribution is -2.66. The highest BCUT2D eigenvalue weighted by Crippen LogP contribution is 2.42. The summed E-state index contributed by atoms with van der Waals surface area (Å²) in [6.45, 7) is 0. The van der Waals surface area contributed by atoms with Crippen molar-refractivity contribution in [2.45, 2.75) is 44.6 Å². The van der Waals surface area contributed by atoms with Crippen molar-refractivity contribution in [2.24, 2.45) is 5.41 Å². The van der Waals surface area contributed by atoms with Gasteiger partial charge in [-0.2, -0.15) is 11.8 Å². The number of thioether (sulfide) groups is 1. The van der Waals surface area contributed by atoms with E-state index in [0.29, 0.717) is 12.8 Å². The molecule has 3 rings (SSSR count). The van der Waals surface area contributed by atoms with Crippen LogP contribution in [-0.4, -0.2) is 40.3 Å². The van der Waals surface area contributed by atoms with Crippen LogP contribution in [0, 0.1) is 5.41 Å². The summed E-state index contributed by atoms with van der Waals surface area (Å²) in [5.74, 6) is 1.26. The van der Waals surface area contributed by atoms with Crippen LogP contribution in [0.3, 0.4) is 0 Å². The average Bonchev–Trinajstić information content (AvgIpc) is 2.89. The van der Waals surface area contributed by atoms with Gasteiger partial charge in [0.15, 0.2) is 0 Å². The number of imide groups is 2. The van der Waals surface area contributed by atoms with Crippen LogP contribution in [0.25, 0.3) is 0 Å². The molecule has 0 aromatic heterocycles. The highest BCUT2D eigenvalue weighted by atomic mass is 32.2. The molecule has 2 aliphatic heterocycles. The molecule has 1 spiro atoms. The van der Waals surface area contributed by atoms with Crippen LogP contribution in [0.5, 0.6) is 0 Å². The molecule has 5 nitrogen and oxygen atoms in total. The van der Waals surface area contributed by atoms with Crippen LogP contribution < -0.4 is 5.32 Å². The van der Waals surface area contributed by atoms with Crippen molar-refractivity contribution in [1.82, 2.24) is 10.2 Å². The van der Waals surface area contributed by atoms with E-state index in [-0.39, 0.29) is 17.9 Å². The summed E-state index contributed by atoms with van der Waals surface area (Å²) < 4.78 is 0. The van der Waals surface area contributed by atoms with Crippen LogP contribution in [0.2, 0.25) is 0 Å². The van der Waals surface area contributed by atoms with Gasteiger partial charge < -0.3 is 0 Å². The highest BCUT2D eigenvalue weighted by Gasteiger charge is 2.56. The Hall–Kier alpha value is -1.04. The van der Waals surface area contributed by atoms with E-state index in [9.17, 15) is 14.4 Å². The van der Waals surface area contributed by atoms with Gasteiger partial charge in [-0.15, -0.1) is 0 Å². The number of barbiturate groups is 1. The molecule has 0 bridgehead atoms. The second-order valence-electron chi connectivity index (χ2n) is 5.59. The number of rotatable bonds is 1. The smallest absolute Gasteiger partial charge is 0.277 e. The van der Waals surface area contributed by atoms with Gasteiger partial charge in [-0.1, -0.05) is 12.8 Å². The quantitative estimate of drug-likeness (QED) is 0.741. The molecule has 6 heteroatoms. The molecule has 4 amide bonds. The summed E-state index contributed by atoms with van der Waals surface area (Å²) in [5, 5.41) is 2.41. The Bertz CT molecular complexity index is 426. The first kappa shape index (κ1) is 13.0. The first-order chi connectivity index (χ1) is 9.15.